The monoisotopic (exact) mass is 242 g/mol. The first-order valence-corrected chi connectivity index (χ1v) is 4.82. The SMILES string of the molecule is O=[N+]([O-])c1ccc(NS(=O)(=O)O)cc1.[NaH]. The molecule has 0 amide bonds. The molecular weight excluding hydrogens is 235 g/mol. The number of nitro benzene ring substituents is 1. The molecule has 0 radical (unpaired) electrons. The molecule has 0 spiro atoms. The number of hydrogen-bond acceptors (Lipinski definition) is 4. The summed E-state index contributed by atoms with van der Waals surface area (Å²) in [5.41, 5.74) is -0.107. The first-order valence-electron chi connectivity index (χ1n) is 3.38. The quantitative estimate of drug-likeness (QED) is 0.339. The first kappa shape index (κ1) is 14.3. The molecule has 0 saturated heterocycles. The number of rotatable bonds is 3. The van der Waals surface area contributed by atoms with Crippen LogP contribution in [0, 0.1) is 10.1 Å². The van der Waals surface area contributed by atoms with Gasteiger partial charge in [0, 0.05) is 12.1 Å². The van der Waals surface area contributed by atoms with Crippen LogP contribution in [-0.2, 0) is 10.3 Å². The molecule has 0 aliphatic carbocycles. The van der Waals surface area contributed by atoms with Crippen LogP contribution in [0.25, 0.3) is 0 Å². The van der Waals surface area contributed by atoms with Gasteiger partial charge in [0.2, 0.25) is 0 Å². The molecule has 1 aromatic rings. The van der Waals surface area contributed by atoms with Gasteiger partial charge in [0.15, 0.2) is 0 Å². The van der Waals surface area contributed by atoms with Crippen LogP contribution < -0.4 is 4.72 Å². The summed E-state index contributed by atoms with van der Waals surface area (Å²) in [5, 5.41) is 10.2. The fourth-order valence-corrected chi connectivity index (χ4v) is 1.23. The molecule has 0 saturated carbocycles. The van der Waals surface area contributed by atoms with Gasteiger partial charge in [-0.3, -0.25) is 19.4 Å². The molecule has 0 fully saturated rings. The predicted octanol–water partition coefficient (Wildman–Crippen LogP) is 0.161. The Morgan fingerprint density at radius 3 is 2.07 bits per heavy atom. The van der Waals surface area contributed by atoms with Crippen molar-refractivity contribution in [2.75, 3.05) is 4.72 Å². The zero-order chi connectivity index (χ0) is 10.8. The third kappa shape index (κ3) is 5.09. The van der Waals surface area contributed by atoms with E-state index in [4.69, 9.17) is 4.55 Å². The molecular formula is C6H7N2NaO5S. The van der Waals surface area contributed by atoms with E-state index >= 15 is 0 Å². The van der Waals surface area contributed by atoms with E-state index in [2.05, 4.69) is 0 Å². The second kappa shape index (κ2) is 5.42. The topological polar surface area (TPSA) is 110 Å². The Labute approximate surface area is 108 Å². The standard InChI is InChI=1S/C6H6N2O5S.Na.H/c9-8(10)6-3-1-5(2-4-6)7-14(11,12)13;;/h1-4,7H,(H,11,12,13);;. The minimum absolute atomic E-state index is 0. The van der Waals surface area contributed by atoms with Gasteiger partial charge in [0.1, 0.15) is 0 Å². The van der Waals surface area contributed by atoms with Crippen LogP contribution in [0.5, 0.6) is 0 Å². The Bertz CT molecular complexity index is 443. The third-order valence-electron chi connectivity index (χ3n) is 1.32. The zero-order valence-electron chi connectivity index (χ0n) is 6.75. The van der Waals surface area contributed by atoms with Crippen LogP contribution >= 0.6 is 0 Å². The Balaban J connectivity index is 0.00000196. The molecule has 0 aliphatic heterocycles. The molecule has 1 rings (SSSR count). The molecule has 9 heteroatoms. The van der Waals surface area contributed by atoms with Crippen LogP contribution in [0.3, 0.4) is 0 Å². The van der Waals surface area contributed by atoms with Crippen LogP contribution in [-0.4, -0.2) is 47.5 Å². The van der Waals surface area contributed by atoms with Gasteiger partial charge in [-0.2, -0.15) is 8.42 Å². The van der Waals surface area contributed by atoms with Gasteiger partial charge in [-0.1, -0.05) is 0 Å². The van der Waals surface area contributed by atoms with Crippen molar-refractivity contribution >= 4 is 51.2 Å². The van der Waals surface area contributed by atoms with Crippen molar-refractivity contribution < 1.29 is 17.9 Å². The second-order valence-electron chi connectivity index (χ2n) is 2.38. The summed E-state index contributed by atoms with van der Waals surface area (Å²) in [6.45, 7) is 0. The Kier molecular flexibility index (Phi) is 5.18. The van der Waals surface area contributed by atoms with Gasteiger partial charge < -0.3 is 0 Å². The van der Waals surface area contributed by atoms with Crippen molar-refractivity contribution in [3.63, 3.8) is 0 Å². The minimum atomic E-state index is -4.33. The summed E-state index contributed by atoms with van der Waals surface area (Å²) >= 11 is 0. The van der Waals surface area contributed by atoms with Crippen LogP contribution in [0.1, 0.15) is 0 Å². The Hall–Kier alpha value is -0.670. The Morgan fingerprint density at radius 1 is 1.27 bits per heavy atom. The van der Waals surface area contributed by atoms with Gasteiger partial charge in [-0.25, -0.2) is 0 Å². The fraction of sp³-hybridized carbons (Fsp3) is 0. The molecule has 1 aromatic carbocycles. The normalized spacial score (nSPS) is 10.2. The maximum absolute atomic E-state index is 10.3. The molecule has 0 heterocycles. The summed E-state index contributed by atoms with van der Waals surface area (Å²) in [5.74, 6) is 0. The van der Waals surface area contributed by atoms with E-state index in [1.807, 2.05) is 0 Å². The van der Waals surface area contributed by atoms with E-state index in [1.54, 1.807) is 4.72 Å². The summed E-state index contributed by atoms with van der Waals surface area (Å²) < 4.78 is 30.8. The summed E-state index contributed by atoms with van der Waals surface area (Å²) in [6.07, 6.45) is 0. The molecule has 0 aromatic heterocycles. The second-order valence-corrected chi connectivity index (χ2v) is 3.54. The van der Waals surface area contributed by atoms with Crippen LogP contribution in [0.15, 0.2) is 24.3 Å². The number of non-ortho nitro benzene ring substituents is 1. The molecule has 78 valence electrons. The van der Waals surface area contributed by atoms with Crippen molar-refractivity contribution in [1.29, 1.82) is 0 Å². The number of anilines is 1. The Morgan fingerprint density at radius 2 is 1.73 bits per heavy atom. The fourth-order valence-electron chi connectivity index (χ4n) is 0.800. The van der Waals surface area contributed by atoms with E-state index in [0.29, 0.717) is 0 Å². The van der Waals surface area contributed by atoms with Crippen LogP contribution in [0.4, 0.5) is 11.4 Å². The predicted molar refractivity (Wildman–Crippen MR) is 55.4 cm³/mol. The average molecular weight is 242 g/mol. The van der Waals surface area contributed by atoms with Crippen LogP contribution in [0.2, 0.25) is 0 Å². The average Bonchev–Trinajstić information content (AvgIpc) is 2.02. The van der Waals surface area contributed by atoms with Crippen molar-refractivity contribution in [1.82, 2.24) is 0 Å². The zero-order valence-corrected chi connectivity index (χ0v) is 7.56. The van der Waals surface area contributed by atoms with E-state index in [1.165, 1.54) is 12.1 Å². The van der Waals surface area contributed by atoms with E-state index < -0.39 is 15.2 Å². The van der Waals surface area contributed by atoms with Crippen molar-refractivity contribution in [3.8, 4) is 0 Å². The molecule has 0 atom stereocenters. The summed E-state index contributed by atoms with van der Waals surface area (Å²) in [4.78, 5) is 9.60. The molecule has 0 aliphatic rings. The maximum atomic E-state index is 10.3. The van der Waals surface area contributed by atoms with Gasteiger partial charge in [-0.15, -0.1) is 0 Å². The summed E-state index contributed by atoms with van der Waals surface area (Å²) in [7, 11) is -4.33. The van der Waals surface area contributed by atoms with E-state index in [9.17, 15) is 18.5 Å². The van der Waals surface area contributed by atoms with Crippen molar-refractivity contribution in [2.45, 2.75) is 0 Å². The third-order valence-corrected chi connectivity index (χ3v) is 1.82. The molecule has 2 N–H and O–H groups in total. The molecule has 0 unspecified atom stereocenters. The molecule has 15 heavy (non-hydrogen) atoms. The van der Waals surface area contributed by atoms with Gasteiger partial charge in [0.05, 0.1) is 10.6 Å². The number of nitrogens with zero attached hydrogens (tertiary/aromatic N) is 1. The molecule has 0 bridgehead atoms. The number of benzene rings is 1. The first-order chi connectivity index (χ1) is 6.38. The van der Waals surface area contributed by atoms with Crippen molar-refractivity contribution in [2.24, 2.45) is 0 Å². The molecule has 7 nitrogen and oxygen atoms in total. The van der Waals surface area contributed by atoms with Gasteiger partial charge in [-0.05, 0) is 12.1 Å². The van der Waals surface area contributed by atoms with E-state index in [0.717, 1.165) is 12.1 Å². The number of hydrogen-bond donors (Lipinski definition) is 2. The number of nitrogens with one attached hydrogen (secondary N) is 1. The van der Waals surface area contributed by atoms with Gasteiger partial charge in [0.25, 0.3) is 5.69 Å². The summed E-state index contributed by atoms with van der Waals surface area (Å²) in [6, 6.07) is 4.58. The number of nitro groups is 1. The van der Waals surface area contributed by atoms with Crippen molar-refractivity contribution in [3.05, 3.63) is 34.4 Å². The van der Waals surface area contributed by atoms with E-state index in [-0.39, 0.29) is 40.9 Å². The van der Waals surface area contributed by atoms with Gasteiger partial charge >= 0.3 is 39.9 Å².